The zero-order valence-corrected chi connectivity index (χ0v) is 24.5. The van der Waals surface area contributed by atoms with Crippen molar-refractivity contribution >= 4 is 51.5 Å². The van der Waals surface area contributed by atoms with Crippen molar-refractivity contribution in [2.24, 2.45) is 25.4 Å². The Balaban J connectivity index is 1.60. The molecule has 1 aliphatic carbocycles. The Labute approximate surface area is 240 Å². The quantitative estimate of drug-likeness (QED) is 0.276. The van der Waals surface area contributed by atoms with E-state index in [9.17, 15) is 19.2 Å². The highest BCUT2D eigenvalue weighted by Crippen LogP contribution is 2.45. The summed E-state index contributed by atoms with van der Waals surface area (Å²) in [5.41, 5.74) is 7.61. The van der Waals surface area contributed by atoms with Gasteiger partial charge >= 0.3 is 11.7 Å². The molecule has 10 heteroatoms. The number of para-hydroxylation sites is 1. The van der Waals surface area contributed by atoms with E-state index in [1.807, 2.05) is 35.7 Å². The topological polar surface area (TPSA) is 126 Å². The van der Waals surface area contributed by atoms with Crippen LogP contribution >= 0.6 is 11.3 Å². The van der Waals surface area contributed by atoms with E-state index in [0.29, 0.717) is 22.9 Å². The van der Waals surface area contributed by atoms with E-state index in [-0.39, 0.29) is 17.2 Å². The average Bonchev–Trinajstić information content (AvgIpc) is 3.45. The fourth-order valence-electron chi connectivity index (χ4n) is 5.31. The van der Waals surface area contributed by atoms with Crippen LogP contribution in [0.1, 0.15) is 64.0 Å². The van der Waals surface area contributed by atoms with E-state index < -0.39 is 35.2 Å². The van der Waals surface area contributed by atoms with Gasteiger partial charge in [0.2, 0.25) is 5.78 Å². The minimum atomic E-state index is -0.838. The van der Waals surface area contributed by atoms with Crippen molar-refractivity contribution in [3.05, 3.63) is 89.9 Å². The minimum absolute atomic E-state index is 0.0458. The molecule has 0 amide bonds. The summed E-state index contributed by atoms with van der Waals surface area (Å²) in [4.78, 5) is 57.8. The van der Waals surface area contributed by atoms with Crippen LogP contribution < -0.4 is 17.0 Å². The molecule has 3 aromatic heterocycles. The number of ether oxygens (including phenoxy) is 1. The first-order valence-electron chi connectivity index (χ1n) is 13.3. The number of nitrogen functional groups attached to an aromatic ring is 1. The number of benzene rings is 1. The maximum atomic E-state index is 13.8. The number of aromatic nitrogens is 3. The molecule has 1 unspecified atom stereocenters. The molecule has 0 spiro atoms. The molecule has 3 heterocycles. The molecule has 0 saturated heterocycles. The molecular formula is C31H32N4O5S. The number of nitrogens with zero attached hydrogens (tertiary/aromatic N) is 3. The van der Waals surface area contributed by atoms with Crippen molar-refractivity contribution in [2.45, 2.75) is 33.6 Å². The SMILES string of the molecule is Cn1c(N)c(C(=O)COC(=O)c2c3c(nc4ccccc24)/C(=C\c2cccs2)CC(C(C)(C)C)C3)c(=O)n(C)c1=O. The molecule has 0 fully saturated rings. The van der Waals surface area contributed by atoms with Crippen molar-refractivity contribution in [3.8, 4) is 0 Å². The highest BCUT2D eigenvalue weighted by Gasteiger charge is 2.35. The van der Waals surface area contributed by atoms with Gasteiger partial charge in [0.25, 0.3) is 5.56 Å². The van der Waals surface area contributed by atoms with Crippen LogP contribution in [0.2, 0.25) is 0 Å². The zero-order chi connectivity index (χ0) is 29.6. The maximum Gasteiger partial charge on any atom is 0.339 e. The first-order valence-corrected chi connectivity index (χ1v) is 14.2. The first kappa shape index (κ1) is 28.2. The molecule has 5 rings (SSSR count). The number of anilines is 1. The molecule has 0 radical (unpaired) electrons. The molecule has 1 aromatic carbocycles. The van der Waals surface area contributed by atoms with Crippen molar-refractivity contribution < 1.29 is 14.3 Å². The summed E-state index contributed by atoms with van der Waals surface area (Å²) < 4.78 is 7.38. The second kappa shape index (κ2) is 10.6. The zero-order valence-electron chi connectivity index (χ0n) is 23.7. The Morgan fingerprint density at radius 3 is 2.49 bits per heavy atom. The third-order valence-corrected chi connectivity index (χ3v) is 8.65. The van der Waals surface area contributed by atoms with Gasteiger partial charge in [0.05, 0.1) is 16.8 Å². The summed E-state index contributed by atoms with van der Waals surface area (Å²) in [7, 11) is 2.62. The monoisotopic (exact) mass is 572 g/mol. The predicted molar refractivity (Wildman–Crippen MR) is 161 cm³/mol. The number of esters is 1. The van der Waals surface area contributed by atoms with E-state index in [1.54, 1.807) is 11.3 Å². The largest absolute Gasteiger partial charge is 0.454 e. The highest BCUT2D eigenvalue weighted by atomic mass is 32.1. The number of pyridine rings is 1. The number of hydrogen-bond donors (Lipinski definition) is 1. The Hall–Kier alpha value is -4.31. The lowest BCUT2D eigenvalue weighted by Gasteiger charge is -2.36. The summed E-state index contributed by atoms with van der Waals surface area (Å²) >= 11 is 1.64. The van der Waals surface area contributed by atoms with E-state index >= 15 is 0 Å². The highest BCUT2D eigenvalue weighted by molar-refractivity contribution is 7.10. The number of nitrogens with two attached hydrogens (primary N) is 1. The number of carbonyl (C=O) groups excluding carboxylic acids is 2. The van der Waals surface area contributed by atoms with Gasteiger partial charge in [-0.25, -0.2) is 14.6 Å². The lowest BCUT2D eigenvalue weighted by molar-refractivity contribution is 0.0474. The van der Waals surface area contributed by atoms with Crippen LogP contribution in [0, 0.1) is 11.3 Å². The number of Topliss-reactive ketones (excluding diaryl/α,β-unsaturated/α-hetero) is 1. The van der Waals surface area contributed by atoms with Crippen LogP contribution in [0.25, 0.3) is 22.6 Å². The summed E-state index contributed by atoms with van der Waals surface area (Å²) in [6, 6.07) is 11.4. The molecule has 212 valence electrons. The van der Waals surface area contributed by atoms with Crippen LogP contribution in [0.4, 0.5) is 5.82 Å². The van der Waals surface area contributed by atoms with E-state index in [1.165, 1.54) is 14.1 Å². The van der Waals surface area contributed by atoms with Crippen LogP contribution in [0.3, 0.4) is 0 Å². The second-order valence-electron chi connectivity index (χ2n) is 11.5. The van der Waals surface area contributed by atoms with Crippen molar-refractivity contribution in [1.29, 1.82) is 0 Å². The molecule has 0 bridgehead atoms. The van der Waals surface area contributed by atoms with Crippen LogP contribution in [-0.2, 0) is 25.3 Å². The van der Waals surface area contributed by atoms with Crippen LogP contribution in [-0.4, -0.2) is 32.5 Å². The molecule has 0 saturated carbocycles. The van der Waals surface area contributed by atoms with Crippen molar-refractivity contribution in [1.82, 2.24) is 14.1 Å². The predicted octanol–water partition coefficient (Wildman–Crippen LogP) is 4.46. The molecule has 1 atom stereocenters. The van der Waals surface area contributed by atoms with E-state index in [2.05, 4.69) is 32.9 Å². The number of ketones is 1. The minimum Gasteiger partial charge on any atom is -0.454 e. The van der Waals surface area contributed by atoms with Gasteiger partial charge in [-0.1, -0.05) is 45.0 Å². The third-order valence-electron chi connectivity index (χ3n) is 7.83. The van der Waals surface area contributed by atoms with Gasteiger partial charge in [0, 0.05) is 24.4 Å². The molecule has 0 aliphatic heterocycles. The number of rotatable bonds is 5. The molecule has 41 heavy (non-hydrogen) atoms. The normalized spacial score (nSPS) is 16.1. The second-order valence-corrected chi connectivity index (χ2v) is 12.4. The Kier molecular flexibility index (Phi) is 7.29. The summed E-state index contributed by atoms with van der Waals surface area (Å²) in [5.74, 6) is -1.52. The number of hydrogen-bond acceptors (Lipinski definition) is 8. The third kappa shape index (κ3) is 5.15. The Bertz CT molecular complexity index is 1840. The fourth-order valence-corrected chi connectivity index (χ4v) is 5.99. The smallest absolute Gasteiger partial charge is 0.339 e. The van der Waals surface area contributed by atoms with Crippen molar-refractivity contribution in [2.75, 3.05) is 12.3 Å². The maximum absolute atomic E-state index is 13.8. The number of thiophene rings is 1. The molecule has 4 aromatic rings. The first-order chi connectivity index (χ1) is 19.4. The van der Waals surface area contributed by atoms with Crippen LogP contribution in [0.15, 0.2) is 51.4 Å². The van der Waals surface area contributed by atoms with Gasteiger partial charge in [0.1, 0.15) is 11.4 Å². The van der Waals surface area contributed by atoms with E-state index in [4.69, 9.17) is 15.5 Å². The van der Waals surface area contributed by atoms with Gasteiger partial charge in [-0.05, 0) is 58.9 Å². The number of fused-ring (bicyclic) bond motifs is 2. The van der Waals surface area contributed by atoms with E-state index in [0.717, 1.165) is 37.3 Å². The summed E-state index contributed by atoms with van der Waals surface area (Å²) in [6.07, 6.45) is 3.56. The number of allylic oxidation sites excluding steroid dienone is 1. The molecule has 2 N–H and O–H groups in total. The average molecular weight is 573 g/mol. The van der Waals surface area contributed by atoms with Gasteiger partial charge < -0.3 is 10.5 Å². The Morgan fingerprint density at radius 1 is 1.07 bits per heavy atom. The Morgan fingerprint density at radius 2 is 1.80 bits per heavy atom. The molecule has 1 aliphatic rings. The van der Waals surface area contributed by atoms with Crippen LogP contribution in [0.5, 0.6) is 0 Å². The van der Waals surface area contributed by atoms with Crippen molar-refractivity contribution in [3.63, 3.8) is 0 Å². The standard InChI is InChI=1S/C31H32N4O5S/c1-31(2,3)18-13-17(14-19-9-8-12-41-19)26-21(15-18)24(20-10-6-7-11-22(20)33-26)29(38)40-16-23(36)25-27(32)34(4)30(39)35(5)28(25)37/h6-12,14,18H,13,15-16,32H2,1-5H3/b17-14-. The van der Waals surface area contributed by atoms with Gasteiger partial charge in [-0.3, -0.25) is 18.7 Å². The summed E-state index contributed by atoms with van der Waals surface area (Å²) in [6.45, 7) is 5.86. The van der Waals surface area contributed by atoms with Gasteiger partial charge in [-0.15, -0.1) is 11.3 Å². The van der Waals surface area contributed by atoms with Gasteiger partial charge in [-0.2, -0.15) is 0 Å². The molecular weight excluding hydrogens is 540 g/mol. The lowest BCUT2D eigenvalue weighted by Crippen LogP contribution is -2.42. The number of carbonyl (C=O) groups is 2. The fraction of sp³-hybridized carbons (Fsp3) is 0.323. The lowest BCUT2D eigenvalue weighted by atomic mass is 9.69. The molecule has 9 nitrogen and oxygen atoms in total. The van der Waals surface area contributed by atoms with Gasteiger partial charge in [0.15, 0.2) is 6.61 Å². The summed E-state index contributed by atoms with van der Waals surface area (Å²) in [5, 5.41) is 2.65.